The minimum atomic E-state index is -4.85. The molecule has 0 saturated heterocycles. The summed E-state index contributed by atoms with van der Waals surface area (Å²) in [5, 5.41) is 24.6. The topological polar surface area (TPSA) is 143 Å². The van der Waals surface area contributed by atoms with E-state index in [4.69, 9.17) is 9.47 Å². The predicted octanol–water partition coefficient (Wildman–Crippen LogP) is 26.8. The highest BCUT2D eigenvalue weighted by Gasteiger charge is 2.38. The van der Waals surface area contributed by atoms with Gasteiger partial charge in [-0.25, -0.2) is 0 Å². The number of phenolic OH excluding ortho intramolecular Hbond substituents is 2. The summed E-state index contributed by atoms with van der Waals surface area (Å²) in [5.74, 6) is -0.105. The summed E-state index contributed by atoms with van der Waals surface area (Å²) in [6, 6.07) is 68.5. The van der Waals surface area contributed by atoms with Gasteiger partial charge in [0.1, 0.15) is 46.0 Å². The highest BCUT2D eigenvalue weighted by atomic mass is 79.9. The van der Waals surface area contributed by atoms with E-state index >= 15 is 0 Å². The van der Waals surface area contributed by atoms with Gasteiger partial charge in [-0.05, 0) is 187 Å². The first kappa shape index (κ1) is 90.4. The van der Waals surface area contributed by atoms with Crippen LogP contribution < -0.4 is 33.7 Å². The lowest BCUT2D eigenvalue weighted by Crippen LogP contribution is -2.31. The molecule has 0 aliphatic carbocycles. The largest absolute Gasteiger partial charge is 0.573 e. The van der Waals surface area contributed by atoms with Crippen LogP contribution in [0.4, 0.5) is 52.7 Å². The standard InChI is InChI=1S/C24H18F3NO4.C20H27P.C17H14F3NO2.C16H12F3NO2.C10H8F3NO.BBr3/c1-14-22(23(30)15-6-8-18(31-2)9-7-15)20-11-10-19(32-24(25,26)27)13-21(20)28(14)16-4-3-5-17(29)12-16;1-19(2,3)21(20(4,5)6)18-15-11-10-14-17(18)16-12-8-7-9-13-16;1-11-8-12-6-7-15(23-17(18,19)20)10-16(12)21(11)13-4-3-5-14(9-13)22-2;1-10-7-11-5-6-14(22-16(17,18)19)9-15(11)20(10)12-3-2-4-13(21)8-12;1-6-4-7-2-3-8(5-9(7)14-6)15-10(11,12)13;2-1(3)4/h3-13,29H,1-2H3;7-15H,1-6H3;3-10H,1-2H3;2-9,21H,1H3;2-5,14H,1H3;. The van der Waals surface area contributed by atoms with Crippen molar-refractivity contribution in [3.05, 3.63) is 277 Å². The molecular weight excluding hydrogens is 1750 g/mol. The monoisotopic (exact) mass is 1830 g/mol. The van der Waals surface area contributed by atoms with Crippen molar-refractivity contribution in [2.45, 2.75) is 105 Å². The first-order chi connectivity index (χ1) is 54.8. The van der Waals surface area contributed by atoms with Crippen LogP contribution >= 0.6 is 55.2 Å². The van der Waals surface area contributed by atoms with Gasteiger partial charge in [0, 0.05) is 110 Å². The number of hydrogen-bond acceptors (Lipinski definition) is 9. The normalized spacial score (nSPS) is 11.7. The number of hydrogen-bond donors (Lipinski definition) is 3. The molecule has 3 N–H and O–H groups in total. The summed E-state index contributed by atoms with van der Waals surface area (Å²) in [5.41, 5.74) is 10.8. The number of ether oxygens (including phenoxy) is 6. The Hall–Kier alpha value is -10.5. The molecule has 14 rings (SSSR count). The smallest absolute Gasteiger partial charge is 0.508 e. The van der Waals surface area contributed by atoms with Crippen LogP contribution in [0.15, 0.2) is 243 Å². The van der Waals surface area contributed by atoms with E-state index in [-0.39, 0.29) is 45.6 Å². The van der Waals surface area contributed by atoms with E-state index in [1.54, 1.807) is 96.0 Å². The number of methoxy groups -OCH3 is 2. The third-order valence-corrected chi connectivity index (χ3v) is 21.0. The number of nitrogens with one attached hydrogen (secondary N) is 1. The van der Waals surface area contributed by atoms with Gasteiger partial charge in [-0.15, -0.1) is 100.0 Å². The lowest BCUT2D eigenvalue weighted by atomic mass is 10.0. The van der Waals surface area contributed by atoms with Crippen LogP contribution in [0.1, 0.15) is 80.2 Å². The zero-order chi connectivity index (χ0) is 85.9. The number of benzene rings is 10. The fourth-order valence-electron chi connectivity index (χ4n) is 13.5. The maximum Gasteiger partial charge on any atom is 0.573 e. The Balaban J connectivity index is 0.000000168. The lowest BCUT2D eigenvalue weighted by Gasteiger charge is -2.42. The Labute approximate surface area is 693 Å². The molecule has 0 saturated carbocycles. The first-order valence-electron chi connectivity index (χ1n) is 35.6. The van der Waals surface area contributed by atoms with Gasteiger partial charge in [0.2, 0.25) is 0 Å². The molecule has 0 spiro atoms. The number of aromatic amines is 1. The Bertz CT molecular complexity index is 5720. The van der Waals surface area contributed by atoms with Crippen LogP contribution in [0.25, 0.3) is 71.8 Å². The molecule has 14 aromatic rings. The minimum Gasteiger partial charge on any atom is -0.508 e. The zero-order valence-electron chi connectivity index (χ0n) is 64.9. The molecule has 0 atom stereocenters. The van der Waals surface area contributed by atoms with Crippen molar-refractivity contribution >= 4 is 113 Å². The molecule has 10 aromatic carbocycles. The highest BCUT2D eigenvalue weighted by Crippen LogP contribution is 2.59. The molecule has 614 valence electrons. The molecule has 117 heavy (non-hydrogen) atoms. The number of halogens is 15. The molecule has 0 bridgehead atoms. The van der Waals surface area contributed by atoms with Crippen LogP contribution in [-0.4, -0.2) is 87.8 Å². The number of H-pyrrole nitrogens is 1. The first-order valence-corrected chi connectivity index (χ1v) is 39.7. The lowest BCUT2D eigenvalue weighted by molar-refractivity contribution is -0.275. The quantitative estimate of drug-likeness (QED) is 0.0445. The van der Waals surface area contributed by atoms with Gasteiger partial charge in [0.05, 0.1) is 36.3 Å². The third-order valence-electron chi connectivity index (χ3n) is 17.4. The number of phenols is 2. The Morgan fingerprint density at radius 3 is 1.26 bits per heavy atom. The number of aromatic hydroxyl groups is 2. The van der Waals surface area contributed by atoms with Crippen LogP contribution in [-0.2, 0) is 0 Å². The second-order valence-electron chi connectivity index (χ2n) is 28.2. The van der Waals surface area contributed by atoms with Crippen LogP contribution in [0.2, 0.25) is 0 Å². The highest BCUT2D eigenvalue weighted by molar-refractivity contribution is 9.69. The minimum absolute atomic E-state index is 0.0190. The SMILES string of the molecule is BrB(Br)Br.CC(C)(C)P(c1ccccc1-c1ccccc1)C(C)(C)C.COc1ccc(C(=O)c2c(C)n(-c3cccc(O)c3)c3cc(OC(F)(F)F)ccc23)cc1.COc1cccc(-n2c(C)cc3ccc(OC(F)(F)F)cc32)c1.Cc1cc2ccc(OC(F)(F)F)cc2[nH]1.Cc1cc2ccc(OC(F)(F)F)cc2n1-c1cccc(O)c1. The molecule has 0 amide bonds. The van der Waals surface area contributed by atoms with Gasteiger partial charge in [-0.1, -0.05) is 122 Å². The van der Waals surface area contributed by atoms with Crippen molar-refractivity contribution in [3.8, 4) is 74.2 Å². The van der Waals surface area contributed by atoms with E-state index in [2.05, 4.69) is 167 Å². The van der Waals surface area contributed by atoms with E-state index in [1.165, 1.54) is 96.3 Å². The maximum atomic E-state index is 13.4. The van der Waals surface area contributed by atoms with Crippen LogP contribution in [0, 0.1) is 27.7 Å². The van der Waals surface area contributed by atoms with Crippen LogP contribution in [0.5, 0.6) is 46.0 Å². The molecular formula is C87H79BBr3F12N4O9P. The van der Waals surface area contributed by atoms with Gasteiger partial charge < -0.3 is 57.3 Å². The summed E-state index contributed by atoms with van der Waals surface area (Å²) in [4.78, 5) is 16.3. The summed E-state index contributed by atoms with van der Waals surface area (Å²) in [6.45, 7) is 21.6. The number of ketones is 1. The zero-order valence-corrected chi connectivity index (χ0v) is 70.5. The molecule has 4 heterocycles. The number of carbonyl (C=O) groups excluding carboxylic acids is 1. The van der Waals surface area contributed by atoms with Crippen molar-refractivity contribution < 1.29 is 96.1 Å². The fourth-order valence-corrected chi connectivity index (χ4v) is 17.7. The maximum absolute atomic E-state index is 13.4. The Morgan fingerprint density at radius 1 is 0.410 bits per heavy atom. The number of carbonyl (C=O) groups is 1. The van der Waals surface area contributed by atoms with Crippen molar-refractivity contribution in [2.24, 2.45) is 0 Å². The predicted molar refractivity (Wildman–Crippen MR) is 451 cm³/mol. The Morgan fingerprint density at radius 2 is 0.812 bits per heavy atom. The number of aromatic nitrogens is 4. The number of fused-ring (bicyclic) bond motifs is 4. The average Bonchev–Trinajstić information content (AvgIpc) is 1.62. The molecule has 0 radical (unpaired) electrons. The van der Waals surface area contributed by atoms with Gasteiger partial charge in [-0.3, -0.25) is 4.79 Å². The number of aryl methyl sites for hydroxylation is 3. The van der Waals surface area contributed by atoms with E-state index in [0.717, 1.165) is 38.9 Å². The summed E-state index contributed by atoms with van der Waals surface area (Å²) < 4.78 is 180. The molecule has 30 heteroatoms. The van der Waals surface area contributed by atoms with Crippen LogP contribution in [0.3, 0.4) is 0 Å². The molecule has 0 fully saturated rings. The van der Waals surface area contributed by atoms with E-state index in [1.807, 2.05) is 67.8 Å². The third kappa shape index (κ3) is 25.0. The molecule has 13 nitrogen and oxygen atoms in total. The fraction of sp³-hybridized carbons (Fsp3) is 0.207. The van der Waals surface area contributed by atoms with Crippen molar-refractivity contribution in [1.82, 2.24) is 18.7 Å². The van der Waals surface area contributed by atoms with Crippen molar-refractivity contribution in [3.63, 3.8) is 0 Å². The summed E-state index contributed by atoms with van der Waals surface area (Å²) in [6.07, 6.45) is -18.9. The molecule has 4 aromatic heterocycles. The van der Waals surface area contributed by atoms with Crippen molar-refractivity contribution in [1.29, 1.82) is 0 Å². The number of nitrogens with zero attached hydrogens (tertiary/aromatic N) is 3. The average molecular weight is 1830 g/mol. The van der Waals surface area contributed by atoms with Gasteiger partial charge in [0.25, 0.3) is 0 Å². The van der Waals surface area contributed by atoms with E-state index in [0.29, 0.717) is 77.5 Å². The summed E-state index contributed by atoms with van der Waals surface area (Å²) in [7, 11) is 2.80. The van der Waals surface area contributed by atoms with E-state index in [9.17, 15) is 67.7 Å². The van der Waals surface area contributed by atoms with Gasteiger partial charge in [0.15, 0.2) is 5.78 Å². The molecule has 0 aliphatic heterocycles. The second kappa shape index (κ2) is 37.9. The summed E-state index contributed by atoms with van der Waals surface area (Å²) >= 11 is 9.31. The number of rotatable bonds is 13. The van der Waals surface area contributed by atoms with Gasteiger partial charge in [-0.2, -0.15) is 0 Å². The molecule has 0 unspecified atom stereocenters. The van der Waals surface area contributed by atoms with Crippen molar-refractivity contribution in [2.75, 3.05) is 14.2 Å². The second-order valence-corrected chi connectivity index (χ2v) is 38.4. The van der Waals surface area contributed by atoms with Gasteiger partial charge >= 0.3 is 28.6 Å². The number of alkyl halides is 12. The molecule has 0 aliphatic rings. The van der Waals surface area contributed by atoms with E-state index < -0.39 is 31.2 Å². The Kier molecular flexibility index (Phi) is 29.3.